The highest BCUT2D eigenvalue weighted by molar-refractivity contribution is 5.39. The summed E-state index contributed by atoms with van der Waals surface area (Å²) in [7, 11) is 0. The number of nitrogens with zero attached hydrogens (tertiary/aromatic N) is 2. The van der Waals surface area contributed by atoms with Crippen molar-refractivity contribution in [2.24, 2.45) is 11.3 Å². The molecule has 1 spiro atoms. The zero-order valence-electron chi connectivity index (χ0n) is 16.3. The van der Waals surface area contributed by atoms with Gasteiger partial charge in [-0.1, -0.05) is 18.2 Å². The highest BCUT2D eigenvalue weighted by Gasteiger charge is 2.52. The van der Waals surface area contributed by atoms with Crippen LogP contribution in [0.2, 0.25) is 0 Å². The minimum atomic E-state index is -0.195. The molecule has 3 aliphatic rings. The second-order valence-corrected chi connectivity index (χ2v) is 9.14. The fraction of sp³-hybridized carbons (Fsp3) is 0.591. The van der Waals surface area contributed by atoms with Crippen molar-refractivity contribution in [2.75, 3.05) is 19.7 Å². The van der Waals surface area contributed by atoms with Crippen molar-refractivity contribution in [1.82, 2.24) is 15.1 Å². The van der Waals surface area contributed by atoms with E-state index in [-0.39, 0.29) is 11.7 Å². The Labute approximate surface area is 161 Å². The SMILES string of the molecule is CC1(C)Oc2ccccc2[C@H]2OCC3(CCN(Cc4ccn[nH]4)CC3)C[C@@H]21. The van der Waals surface area contributed by atoms with Gasteiger partial charge in [-0.3, -0.25) is 10.00 Å². The predicted octanol–water partition coefficient (Wildman–Crippen LogP) is 3.94. The smallest absolute Gasteiger partial charge is 0.125 e. The molecule has 1 N–H and O–H groups in total. The first-order valence-corrected chi connectivity index (χ1v) is 10.1. The first-order valence-electron chi connectivity index (χ1n) is 10.1. The third-order valence-corrected chi connectivity index (χ3v) is 6.95. The van der Waals surface area contributed by atoms with E-state index in [0.717, 1.165) is 32.0 Å². The van der Waals surface area contributed by atoms with E-state index in [9.17, 15) is 0 Å². The zero-order chi connectivity index (χ0) is 18.5. The number of likely N-dealkylation sites (tertiary alicyclic amines) is 1. The molecule has 0 amide bonds. The average Bonchev–Trinajstić information content (AvgIpc) is 3.17. The maximum absolute atomic E-state index is 6.56. The van der Waals surface area contributed by atoms with Crippen molar-refractivity contribution in [3.05, 3.63) is 47.8 Å². The quantitative estimate of drug-likeness (QED) is 0.873. The first-order chi connectivity index (χ1) is 13.0. The lowest BCUT2D eigenvalue weighted by molar-refractivity contribution is -0.174. The monoisotopic (exact) mass is 367 g/mol. The normalized spacial score (nSPS) is 29.0. The molecule has 3 aliphatic heterocycles. The Hall–Kier alpha value is -1.85. The van der Waals surface area contributed by atoms with E-state index in [0.29, 0.717) is 11.3 Å². The molecule has 5 nitrogen and oxygen atoms in total. The van der Waals surface area contributed by atoms with E-state index in [1.165, 1.54) is 30.5 Å². The van der Waals surface area contributed by atoms with E-state index in [4.69, 9.17) is 9.47 Å². The van der Waals surface area contributed by atoms with E-state index in [1.54, 1.807) is 0 Å². The molecule has 2 atom stereocenters. The third-order valence-electron chi connectivity index (χ3n) is 6.95. The maximum Gasteiger partial charge on any atom is 0.125 e. The Morgan fingerprint density at radius 2 is 2.00 bits per heavy atom. The molecule has 0 saturated carbocycles. The van der Waals surface area contributed by atoms with Gasteiger partial charge in [-0.05, 0) is 63.7 Å². The summed E-state index contributed by atoms with van der Waals surface area (Å²) in [6.07, 6.45) is 5.58. The van der Waals surface area contributed by atoms with Crippen LogP contribution in [0.4, 0.5) is 0 Å². The highest BCUT2D eigenvalue weighted by Crippen LogP contribution is 2.55. The standard InChI is InChI=1S/C22H29N3O2/c1-21(2)18-13-22(8-11-25(12-9-22)14-16-7-10-23-24-16)15-26-20(18)17-5-3-4-6-19(17)27-21/h3-7,10,18,20H,8-9,11-15H2,1-2H3,(H,23,24)/t18-,20+/m0/s1. The number of hydrogen-bond donors (Lipinski definition) is 1. The Morgan fingerprint density at radius 3 is 2.78 bits per heavy atom. The number of aromatic amines is 1. The van der Waals surface area contributed by atoms with Crippen molar-refractivity contribution in [3.8, 4) is 5.75 Å². The van der Waals surface area contributed by atoms with Crippen LogP contribution in [0.25, 0.3) is 0 Å². The van der Waals surface area contributed by atoms with Gasteiger partial charge in [0.1, 0.15) is 11.4 Å². The van der Waals surface area contributed by atoms with Gasteiger partial charge in [-0.15, -0.1) is 0 Å². The highest BCUT2D eigenvalue weighted by atomic mass is 16.5. The third kappa shape index (κ3) is 3.07. The summed E-state index contributed by atoms with van der Waals surface area (Å²) in [5.74, 6) is 1.40. The molecule has 0 unspecified atom stereocenters. The number of ether oxygens (including phenoxy) is 2. The summed E-state index contributed by atoms with van der Waals surface area (Å²) in [5.41, 5.74) is 2.52. The van der Waals surface area contributed by atoms with E-state index < -0.39 is 0 Å². The van der Waals surface area contributed by atoms with Gasteiger partial charge in [0.05, 0.1) is 12.7 Å². The van der Waals surface area contributed by atoms with Crippen LogP contribution in [0.15, 0.2) is 36.5 Å². The molecule has 4 heterocycles. The van der Waals surface area contributed by atoms with Crippen LogP contribution in [0.5, 0.6) is 5.75 Å². The predicted molar refractivity (Wildman–Crippen MR) is 103 cm³/mol. The molecule has 27 heavy (non-hydrogen) atoms. The summed E-state index contributed by atoms with van der Waals surface area (Å²) >= 11 is 0. The summed E-state index contributed by atoms with van der Waals surface area (Å²) < 4.78 is 13.0. The number of fused-ring (bicyclic) bond motifs is 3. The molecule has 5 heteroatoms. The van der Waals surface area contributed by atoms with Gasteiger partial charge in [-0.2, -0.15) is 5.10 Å². The molecular formula is C22H29N3O2. The fourth-order valence-corrected chi connectivity index (χ4v) is 5.25. The Bertz CT molecular complexity index is 794. The lowest BCUT2D eigenvalue weighted by atomic mass is 9.64. The molecule has 5 rings (SSSR count). The van der Waals surface area contributed by atoms with Crippen LogP contribution in [0, 0.1) is 11.3 Å². The van der Waals surface area contributed by atoms with E-state index >= 15 is 0 Å². The zero-order valence-corrected chi connectivity index (χ0v) is 16.3. The van der Waals surface area contributed by atoms with E-state index in [2.05, 4.69) is 59.3 Å². The van der Waals surface area contributed by atoms with Gasteiger partial charge in [0.25, 0.3) is 0 Å². The van der Waals surface area contributed by atoms with Crippen molar-refractivity contribution in [2.45, 2.75) is 51.4 Å². The van der Waals surface area contributed by atoms with Gasteiger partial charge in [0.15, 0.2) is 0 Å². The lowest BCUT2D eigenvalue weighted by Crippen LogP contribution is -2.54. The van der Waals surface area contributed by atoms with Gasteiger partial charge in [0, 0.05) is 29.9 Å². The second kappa shape index (κ2) is 6.35. The molecule has 0 aliphatic carbocycles. The Kier molecular flexibility index (Phi) is 4.06. The first kappa shape index (κ1) is 17.3. The fourth-order valence-electron chi connectivity index (χ4n) is 5.25. The molecule has 2 fully saturated rings. The van der Waals surface area contributed by atoms with Crippen LogP contribution < -0.4 is 4.74 Å². The largest absolute Gasteiger partial charge is 0.487 e. The van der Waals surface area contributed by atoms with Crippen LogP contribution in [-0.2, 0) is 11.3 Å². The summed E-state index contributed by atoms with van der Waals surface area (Å²) in [6, 6.07) is 10.5. The van der Waals surface area contributed by atoms with Crippen molar-refractivity contribution >= 4 is 0 Å². The molecule has 0 bridgehead atoms. The molecule has 1 aromatic carbocycles. The number of piperidine rings is 1. The van der Waals surface area contributed by atoms with Gasteiger partial charge < -0.3 is 9.47 Å². The number of hydrogen-bond acceptors (Lipinski definition) is 4. The Balaban J connectivity index is 1.31. The summed E-state index contributed by atoms with van der Waals surface area (Å²) in [6.45, 7) is 8.55. The summed E-state index contributed by atoms with van der Waals surface area (Å²) in [5, 5.41) is 7.14. The molecular weight excluding hydrogens is 338 g/mol. The second-order valence-electron chi connectivity index (χ2n) is 9.14. The van der Waals surface area contributed by atoms with Crippen LogP contribution in [0.3, 0.4) is 0 Å². The number of H-pyrrole nitrogens is 1. The molecule has 144 valence electrons. The topological polar surface area (TPSA) is 50.4 Å². The summed E-state index contributed by atoms with van der Waals surface area (Å²) in [4.78, 5) is 2.53. The molecule has 2 aromatic rings. The van der Waals surface area contributed by atoms with Crippen molar-refractivity contribution in [3.63, 3.8) is 0 Å². The van der Waals surface area contributed by atoms with Crippen LogP contribution in [0.1, 0.15) is 50.5 Å². The number of para-hydroxylation sites is 1. The van der Waals surface area contributed by atoms with Gasteiger partial charge in [-0.25, -0.2) is 0 Å². The van der Waals surface area contributed by atoms with Crippen LogP contribution in [-0.4, -0.2) is 40.4 Å². The number of rotatable bonds is 2. The van der Waals surface area contributed by atoms with E-state index in [1.807, 2.05) is 6.20 Å². The number of nitrogens with one attached hydrogen (secondary N) is 1. The maximum atomic E-state index is 6.56. The van der Waals surface area contributed by atoms with Gasteiger partial charge >= 0.3 is 0 Å². The molecule has 0 radical (unpaired) electrons. The van der Waals surface area contributed by atoms with Gasteiger partial charge in [0.2, 0.25) is 0 Å². The minimum absolute atomic E-state index is 0.165. The lowest BCUT2D eigenvalue weighted by Gasteiger charge is -2.54. The van der Waals surface area contributed by atoms with Crippen molar-refractivity contribution in [1.29, 1.82) is 0 Å². The average molecular weight is 367 g/mol. The minimum Gasteiger partial charge on any atom is -0.487 e. The molecule has 2 saturated heterocycles. The Morgan fingerprint density at radius 1 is 1.19 bits per heavy atom. The number of benzene rings is 1. The van der Waals surface area contributed by atoms with Crippen molar-refractivity contribution < 1.29 is 9.47 Å². The number of aromatic nitrogens is 2. The van der Waals surface area contributed by atoms with Crippen LogP contribution >= 0.6 is 0 Å². The molecule has 1 aromatic heterocycles.